The third-order valence-electron chi connectivity index (χ3n) is 1.24. The van der Waals surface area contributed by atoms with Gasteiger partial charge in [-0.3, -0.25) is 0 Å². The molecule has 0 saturated heterocycles. The standard InChI is InChI=1S/C9H18O/c1-5-6-8(10)7-9(2,3)4/h5-6,8,10H,7H2,1-4H3/b6-5+. The van der Waals surface area contributed by atoms with Gasteiger partial charge in [0.05, 0.1) is 6.10 Å². The van der Waals surface area contributed by atoms with E-state index in [1.807, 2.05) is 19.1 Å². The summed E-state index contributed by atoms with van der Waals surface area (Å²) in [5.41, 5.74) is 0.221. The molecule has 1 heteroatoms. The molecule has 60 valence electrons. The van der Waals surface area contributed by atoms with E-state index in [4.69, 9.17) is 0 Å². The molecule has 0 aromatic rings. The number of aliphatic hydroxyl groups excluding tert-OH is 1. The molecule has 0 heterocycles. The first-order chi connectivity index (χ1) is 4.45. The molecule has 0 amide bonds. The van der Waals surface area contributed by atoms with Crippen molar-refractivity contribution in [3.63, 3.8) is 0 Å². The summed E-state index contributed by atoms with van der Waals surface area (Å²) in [7, 11) is 0. The van der Waals surface area contributed by atoms with Crippen LogP contribution in [0.5, 0.6) is 0 Å². The van der Waals surface area contributed by atoms with E-state index in [9.17, 15) is 5.11 Å². The second-order valence-corrected chi connectivity index (χ2v) is 3.86. The summed E-state index contributed by atoms with van der Waals surface area (Å²) >= 11 is 0. The molecule has 0 aliphatic carbocycles. The summed E-state index contributed by atoms with van der Waals surface area (Å²) in [5.74, 6) is 0. The van der Waals surface area contributed by atoms with Crippen LogP contribution in [0.1, 0.15) is 34.1 Å². The first-order valence-corrected chi connectivity index (χ1v) is 3.76. The van der Waals surface area contributed by atoms with Gasteiger partial charge in [0.15, 0.2) is 0 Å². The predicted molar refractivity (Wildman–Crippen MR) is 44.9 cm³/mol. The van der Waals surface area contributed by atoms with E-state index in [1.165, 1.54) is 0 Å². The van der Waals surface area contributed by atoms with Crippen molar-refractivity contribution in [2.24, 2.45) is 5.41 Å². The Morgan fingerprint density at radius 2 is 1.90 bits per heavy atom. The molecule has 0 spiro atoms. The fourth-order valence-electron chi connectivity index (χ4n) is 0.918. The Morgan fingerprint density at radius 1 is 1.40 bits per heavy atom. The second-order valence-electron chi connectivity index (χ2n) is 3.86. The van der Waals surface area contributed by atoms with Crippen molar-refractivity contribution in [3.8, 4) is 0 Å². The number of allylic oxidation sites excluding steroid dienone is 1. The lowest BCUT2D eigenvalue weighted by atomic mass is 9.89. The zero-order valence-electron chi connectivity index (χ0n) is 7.39. The van der Waals surface area contributed by atoms with Crippen molar-refractivity contribution >= 4 is 0 Å². The highest BCUT2D eigenvalue weighted by molar-refractivity contribution is 4.87. The lowest BCUT2D eigenvalue weighted by Gasteiger charge is -2.19. The van der Waals surface area contributed by atoms with E-state index in [0.717, 1.165) is 6.42 Å². The zero-order chi connectivity index (χ0) is 8.20. The van der Waals surface area contributed by atoms with Crippen LogP contribution in [0.2, 0.25) is 0 Å². The van der Waals surface area contributed by atoms with E-state index in [0.29, 0.717) is 0 Å². The van der Waals surface area contributed by atoms with Crippen molar-refractivity contribution in [2.75, 3.05) is 0 Å². The molecular formula is C9H18O. The molecule has 1 unspecified atom stereocenters. The van der Waals surface area contributed by atoms with Gasteiger partial charge in [0.2, 0.25) is 0 Å². The minimum atomic E-state index is -0.273. The van der Waals surface area contributed by atoms with Crippen molar-refractivity contribution in [1.82, 2.24) is 0 Å². The molecule has 1 nitrogen and oxygen atoms in total. The van der Waals surface area contributed by atoms with Gasteiger partial charge in [-0.25, -0.2) is 0 Å². The first kappa shape index (κ1) is 9.70. The number of rotatable bonds is 2. The van der Waals surface area contributed by atoms with E-state index in [2.05, 4.69) is 20.8 Å². The van der Waals surface area contributed by atoms with Crippen LogP contribution in [0.15, 0.2) is 12.2 Å². The molecule has 0 aromatic carbocycles. The van der Waals surface area contributed by atoms with Crippen LogP contribution in [0.3, 0.4) is 0 Å². The van der Waals surface area contributed by atoms with Crippen molar-refractivity contribution < 1.29 is 5.11 Å². The van der Waals surface area contributed by atoms with Crippen LogP contribution in [0.4, 0.5) is 0 Å². The Hall–Kier alpha value is -0.300. The SMILES string of the molecule is C/C=C/C(O)CC(C)(C)C. The predicted octanol–water partition coefficient (Wildman–Crippen LogP) is 2.36. The topological polar surface area (TPSA) is 20.2 Å². The molecule has 0 fully saturated rings. The summed E-state index contributed by atoms with van der Waals surface area (Å²) in [5, 5.41) is 9.30. The first-order valence-electron chi connectivity index (χ1n) is 3.76. The summed E-state index contributed by atoms with van der Waals surface area (Å²) in [6.45, 7) is 8.30. The maximum atomic E-state index is 9.30. The second kappa shape index (κ2) is 3.77. The van der Waals surface area contributed by atoms with Crippen molar-refractivity contribution in [1.29, 1.82) is 0 Å². The van der Waals surface area contributed by atoms with Crippen molar-refractivity contribution in [2.45, 2.75) is 40.2 Å². The maximum Gasteiger partial charge on any atom is 0.0725 e. The Balaban J connectivity index is 3.68. The smallest absolute Gasteiger partial charge is 0.0725 e. The summed E-state index contributed by atoms with van der Waals surface area (Å²) < 4.78 is 0. The Labute approximate surface area is 63.8 Å². The Bertz CT molecular complexity index is 108. The quantitative estimate of drug-likeness (QED) is 0.587. The third-order valence-corrected chi connectivity index (χ3v) is 1.24. The summed E-state index contributed by atoms with van der Waals surface area (Å²) in [4.78, 5) is 0. The number of hydrogen-bond donors (Lipinski definition) is 1. The average Bonchev–Trinajstić information content (AvgIpc) is 1.59. The van der Waals surface area contributed by atoms with Crippen LogP contribution in [-0.4, -0.2) is 11.2 Å². The summed E-state index contributed by atoms with van der Waals surface area (Å²) in [6.07, 6.45) is 4.27. The average molecular weight is 142 g/mol. The lowest BCUT2D eigenvalue weighted by Crippen LogP contribution is -2.15. The number of hydrogen-bond acceptors (Lipinski definition) is 1. The van der Waals surface area contributed by atoms with Crippen LogP contribution in [0.25, 0.3) is 0 Å². The van der Waals surface area contributed by atoms with Gasteiger partial charge in [-0.15, -0.1) is 0 Å². The highest BCUT2D eigenvalue weighted by Crippen LogP contribution is 2.20. The van der Waals surface area contributed by atoms with Gasteiger partial charge in [-0.05, 0) is 18.8 Å². The molecule has 1 N–H and O–H groups in total. The van der Waals surface area contributed by atoms with Gasteiger partial charge in [-0.2, -0.15) is 0 Å². The Morgan fingerprint density at radius 3 is 2.20 bits per heavy atom. The fraction of sp³-hybridized carbons (Fsp3) is 0.778. The largest absolute Gasteiger partial charge is 0.389 e. The molecule has 0 bridgehead atoms. The van der Waals surface area contributed by atoms with Crippen LogP contribution < -0.4 is 0 Å². The minimum Gasteiger partial charge on any atom is -0.389 e. The normalized spacial score (nSPS) is 16.1. The highest BCUT2D eigenvalue weighted by Gasteiger charge is 2.13. The monoisotopic (exact) mass is 142 g/mol. The maximum absolute atomic E-state index is 9.30. The minimum absolute atomic E-state index is 0.221. The van der Waals surface area contributed by atoms with E-state index >= 15 is 0 Å². The van der Waals surface area contributed by atoms with Gasteiger partial charge in [-0.1, -0.05) is 32.9 Å². The number of aliphatic hydroxyl groups is 1. The van der Waals surface area contributed by atoms with E-state index in [-0.39, 0.29) is 11.5 Å². The molecular weight excluding hydrogens is 124 g/mol. The molecule has 10 heavy (non-hydrogen) atoms. The summed E-state index contributed by atoms with van der Waals surface area (Å²) in [6, 6.07) is 0. The molecule has 0 rings (SSSR count). The van der Waals surface area contributed by atoms with Gasteiger partial charge >= 0.3 is 0 Å². The third kappa shape index (κ3) is 5.83. The molecule has 0 radical (unpaired) electrons. The fourth-order valence-corrected chi connectivity index (χ4v) is 0.918. The van der Waals surface area contributed by atoms with Crippen LogP contribution in [-0.2, 0) is 0 Å². The molecule has 0 aliphatic heterocycles. The van der Waals surface area contributed by atoms with E-state index in [1.54, 1.807) is 0 Å². The van der Waals surface area contributed by atoms with Crippen LogP contribution in [0, 0.1) is 5.41 Å². The zero-order valence-corrected chi connectivity index (χ0v) is 7.39. The highest BCUT2D eigenvalue weighted by atomic mass is 16.3. The molecule has 0 aromatic heterocycles. The Kier molecular flexibility index (Phi) is 3.66. The molecule has 0 aliphatic rings. The van der Waals surface area contributed by atoms with Gasteiger partial charge in [0.1, 0.15) is 0 Å². The molecule has 0 saturated carbocycles. The molecule has 1 atom stereocenters. The van der Waals surface area contributed by atoms with Crippen molar-refractivity contribution in [3.05, 3.63) is 12.2 Å². The van der Waals surface area contributed by atoms with E-state index < -0.39 is 0 Å². The van der Waals surface area contributed by atoms with Crippen LogP contribution >= 0.6 is 0 Å². The lowest BCUT2D eigenvalue weighted by molar-refractivity contribution is 0.162. The van der Waals surface area contributed by atoms with Gasteiger partial charge in [0, 0.05) is 0 Å². The van der Waals surface area contributed by atoms with Gasteiger partial charge in [0.25, 0.3) is 0 Å². The van der Waals surface area contributed by atoms with Gasteiger partial charge < -0.3 is 5.11 Å².